The molecule has 0 aromatic heterocycles. The number of nitrogens with one attached hydrogen (secondary N) is 3. The summed E-state index contributed by atoms with van der Waals surface area (Å²) >= 11 is 0. The maximum absolute atomic E-state index is 12.7. The molecule has 4 atom stereocenters. The van der Waals surface area contributed by atoms with Crippen LogP contribution in [0.5, 0.6) is 0 Å². The fourth-order valence-corrected chi connectivity index (χ4v) is 2.48. The lowest BCUT2D eigenvalue weighted by Gasteiger charge is -2.25. The van der Waals surface area contributed by atoms with E-state index in [1.807, 2.05) is 0 Å². The van der Waals surface area contributed by atoms with Gasteiger partial charge < -0.3 is 48.5 Å². The number of aliphatic imine (C=N–C) groups is 1. The van der Waals surface area contributed by atoms with Crippen molar-refractivity contribution in [2.45, 2.75) is 56.8 Å². The Balaban J connectivity index is 5.44. The topological polar surface area (TPSA) is 273 Å². The number of aliphatic hydroxyl groups excluding tert-OH is 1. The molecule has 182 valence electrons. The summed E-state index contributed by atoms with van der Waals surface area (Å²) in [4.78, 5) is 62.7. The second kappa shape index (κ2) is 14.5. The summed E-state index contributed by atoms with van der Waals surface area (Å²) in [5.74, 6) is -5.44. The lowest BCUT2D eigenvalue weighted by molar-refractivity contribution is -0.145. The number of carboxylic acid groups (broad SMARTS) is 2. The summed E-state index contributed by atoms with van der Waals surface area (Å²) in [5, 5.41) is 34.3. The number of hydrogen-bond donors (Lipinski definition) is 9. The van der Waals surface area contributed by atoms with Gasteiger partial charge in [-0.25, -0.2) is 4.79 Å². The molecular formula is C17H31N7O8. The van der Waals surface area contributed by atoms with Crippen molar-refractivity contribution in [2.75, 3.05) is 13.1 Å². The van der Waals surface area contributed by atoms with E-state index in [0.717, 1.165) is 6.92 Å². The highest BCUT2D eigenvalue weighted by Crippen LogP contribution is 2.05. The largest absolute Gasteiger partial charge is 0.481 e. The Hall–Kier alpha value is -3.46. The summed E-state index contributed by atoms with van der Waals surface area (Å²) < 4.78 is 0. The summed E-state index contributed by atoms with van der Waals surface area (Å²) in [5.41, 5.74) is 15.7. The molecule has 12 N–H and O–H groups in total. The second-order valence-electron chi connectivity index (χ2n) is 6.83. The quantitative estimate of drug-likeness (QED) is 0.0640. The van der Waals surface area contributed by atoms with Crippen molar-refractivity contribution in [1.82, 2.24) is 16.0 Å². The van der Waals surface area contributed by atoms with Gasteiger partial charge in [-0.05, 0) is 26.2 Å². The van der Waals surface area contributed by atoms with Crippen LogP contribution in [0.15, 0.2) is 4.99 Å². The van der Waals surface area contributed by atoms with E-state index < -0.39 is 66.9 Å². The average Bonchev–Trinajstić information content (AvgIpc) is 2.69. The molecule has 0 spiro atoms. The standard InChI is InChI=1S/C17H31N7O8/c1-8(25)13(16(31)32)24-15(30)10(4-5-12(27)28)23-14(29)9(22-11(26)7-18)3-2-6-21-17(19)20/h8-10,13,25H,2-7,18H2,1H3,(H,22,26)(H,23,29)(H,24,30)(H,27,28)(H,31,32)(H4,19,20,21). The van der Waals surface area contributed by atoms with Gasteiger partial charge in [0.2, 0.25) is 17.7 Å². The van der Waals surface area contributed by atoms with Gasteiger partial charge in [0.1, 0.15) is 12.1 Å². The number of aliphatic hydroxyl groups is 1. The van der Waals surface area contributed by atoms with Crippen LogP contribution in [0, 0.1) is 0 Å². The van der Waals surface area contributed by atoms with Gasteiger partial charge in [0.25, 0.3) is 0 Å². The molecule has 0 saturated heterocycles. The number of nitrogens with zero attached hydrogens (tertiary/aromatic N) is 1. The number of carbonyl (C=O) groups is 5. The Morgan fingerprint density at radius 2 is 1.50 bits per heavy atom. The van der Waals surface area contributed by atoms with Crippen LogP contribution in [0.25, 0.3) is 0 Å². The minimum absolute atomic E-state index is 0.0625. The van der Waals surface area contributed by atoms with Crippen molar-refractivity contribution >= 4 is 35.6 Å². The van der Waals surface area contributed by atoms with Crippen LogP contribution in [0.1, 0.15) is 32.6 Å². The molecule has 32 heavy (non-hydrogen) atoms. The third-order valence-electron chi connectivity index (χ3n) is 4.11. The highest BCUT2D eigenvalue weighted by Gasteiger charge is 2.31. The molecule has 0 aromatic carbocycles. The molecule has 3 amide bonds. The minimum Gasteiger partial charge on any atom is -0.481 e. The molecule has 4 unspecified atom stereocenters. The zero-order valence-electron chi connectivity index (χ0n) is 17.6. The maximum Gasteiger partial charge on any atom is 0.328 e. The average molecular weight is 461 g/mol. The molecule has 0 rings (SSSR count). The van der Waals surface area contributed by atoms with Crippen LogP contribution in [0.2, 0.25) is 0 Å². The van der Waals surface area contributed by atoms with E-state index in [2.05, 4.69) is 20.9 Å². The third kappa shape index (κ3) is 11.7. The first-order valence-electron chi connectivity index (χ1n) is 9.67. The molecule has 15 heteroatoms. The van der Waals surface area contributed by atoms with E-state index in [4.69, 9.17) is 27.4 Å². The Labute approximate surface area is 183 Å². The van der Waals surface area contributed by atoms with Crippen molar-refractivity contribution in [3.05, 3.63) is 0 Å². The summed E-state index contributed by atoms with van der Waals surface area (Å²) in [6, 6.07) is -4.28. The predicted molar refractivity (Wildman–Crippen MR) is 111 cm³/mol. The van der Waals surface area contributed by atoms with Gasteiger partial charge in [0.15, 0.2) is 12.0 Å². The first-order valence-corrected chi connectivity index (χ1v) is 9.67. The van der Waals surface area contributed by atoms with Crippen LogP contribution >= 0.6 is 0 Å². The number of aliphatic carboxylic acids is 2. The van der Waals surface area contributed by atoms with Gasteiger partial charge >= 0.3 is 11.9 Å². The number of rotatable bonds is 15. The molecule has 0 aliphatic heterocycles. The van der Waals surface area contributed by atoms with Gasteiger partial charge in [-0.15, -0.1) is 0 Å². The highest BCUT2D eigenvalue weighted by molar-refractivity contribution is 5.93. The van der Waals surface area contributed by atoms with Crippen LogP contribution in [-0.2, 0) is 24.0 Å². The fourth-order valence-electron chi connectivity index (χ4n) is 2.48. The van der Waals surface area contributed by atoms with Crippen LogP contribution in [0.4, 0.5) is 0 Å². The zero-order valence-corrected chi connectivity index (χ0v) is 17.6. The van der Waals surface area contributed by atoms with E-state index in [0.29, 0.717) is 0 Å². The molecule has 0 aliphatic carbocycles. The SMILES string of the molecule is CC(O)C(NC(=O)C(CCC(=O)O)NC(=O)C(CCCN=C(N)N)NC(=O)CN)C(=O)O. The number of nitrogens with two attached hydrogens (primary N) is 3. The van der Waals surface area contributed by atoms with E-state index in [9.17, 15) is 29.1 Å². The minimum atomic E-state index is -1.68. The van der Waals surface area contributed by atoms with Gasteiger partial charge in [-0.1, -0.05) is 0 Å². The third-order valence-corrected chi connectivity index (χ3v) is 4.11. The normalized spacial score (nSPS) is 14.2. The lowest BCUT2D eigenvalue weighted by atomic mass is 10.1. The van der Waals surface area contributed by atoms with E-state index in [-0.39, 0.29) is 31.8 Å². The van der Waals surface area contributed by atoms with Crippen LogP contribution in [0.3, 0.4) is 0 Å². The predicted octanol–water partition coefficient (Wildman–Crippen LogP) is -4.22. The van der Waals surface area contributed by atoms with Crippen molar-refractivity contribution in [1.29, 1.82) is 0 Å². The number of carboxylic acids is 2. The van der Waals surface area contributed by atoms with Gasteiger partial charge in [-0.2, -0.15) is 0 Å². The van der Waals surface area contributed by atoms with E-state index in [1.165, 1.54) is 0 Å². The Kier molecular flexibility index (Phi) is 13.0. The summed E-state index contributed by atoms with van der Waals surface area (Å²) in [7, 11) is 0. The van der Waals surface area contributed by atoms with Crippen molar-refractivity contribution < 1.29 is 39.3 Å². The van der Waals surface area contributed by atoms with Gasteiger partial charge in [0.05, 0.1) is 12.6 Å². The summed E-state index contributed by atoms with van der Waals surface area (Å²) in [6.07, 6.45) is -2.01. The molecule has 0 radical (unpaired) electrons. The fraction of sp³-hybridized carbons (Fsp3) is 0.647. The van der Waals surface area contributed by atoms with Gasteiger partial charge in [0, 0.05) is 13.0 Å². The highest BCUT2D eigenvalue weighted by atomic mass is 16.4. The lowest BCUT2D eigenvalue weighted by Crippen LogP contribution is -2.57. The summed E-state index contributed by atoms with van der Waals surface area (Å²) in [6.45, 7) is 0.885. The number of hydrogen-bond acceptors (Lipinski definition) is 8. The van der Waals surface area contributed by atoms with Crippen molar-refractivity contribution in [2.24, 2.45) is 22.2 Å². The number of guanidine groups is 1. The maximum atomic E-state index is 12.7. The molecular weight excluding hydrogens is 430 g/mol. The van der Waals surface area contributed by atoms with E-state index >= 15 is 0 Å². The Morgan fingerprint density at radius 1 is 0.938 bits per heavy atom. The van der Waals surface area contributed by atoms with Crippen LogP contribution in [-0.4, -0.2) is 88.3 Å². The molecule has 0 heterocycles. The number of carbonyl (C=O) groups excluding carboxylic acids is 3. The second-order valence-corrected chi connectivity index (χ2v) is 6.83. The Bertz CT molecular complexity index is 709. The first-order chi connectivity index (χ1) is 14.9. The molecule has 15 nitrogen and oxygen atoms in total. The molecule has 0 fully saturated rings. The monoisotopic (exact) mass is 461 g/mol. The molecule has 0 bridgehead atoms. The Morgan fingerprint density at radius 3 is 1.97 bits per heavy atom. The molecule has 0 aliphatic rings. The number of amides is 3. The van der Waals surface area contributed by atoms with E-state index in [1.54, 1.807) is 0 Å². The molecule has 0 aromatic rings. The molecule has 0 saturated carbocycles. The van der Waals surface area contributed by atoms with Gasteiger partial charge in [-0.3, -0.25) is 24.2 Å². The van der Waals surface area contributed by atoms with Crippen molar-refractivity contribution in [3.63, 3.8) is 0 Å². The smallest absolute Gasteiger partial charge is 0.328 e. The van der Waals surface area contributed by atoms with Crippen molar-refractivity contribution in [3.8, 4) is 0 Å². The van der Waals surface area contributed by atoms with Crippen LogP contribution < -0.4 is 33.2 Å². The first kappa shape index (κ1) is 28.5. The zero-order chi connectivity index (χ0) is 24.8.